The first-order valence-corrected chi connectivity index (χ1v) is 3.01. The van der Waals surface area contributed by atoms with E-state index >= 15 is 0 Å². The monoisotopic (exact) mass is 122 g/mol. The fourth-order valence-corrected chi connectivity index (χ4v) is 1.05. The molecule has 1 radical (unpaired) electrons. The third-order valence-corrected chi connectivity index (χ3v) is 1.65. The van der Waals surface area contributed by atoms with E-state index in [1.807, 2.05) is 11.4 Å². The SMILES string of the molecule is [CH2]c1csc(C#N)c1. The van der Waals surface area contributed by atoms with E-state index in [1.165, 1.54) is 11.3 Å². The van der Waals surface area contributed by atoms with Crippen LogP contribution in [0.2, 0.25) is 0 Å². The van der Waals surface area contributed by atoms with Crippen LogP contribution in [0.1, 0.15) is 10.4 Å². The fraction of sp³-hybridized carbons (Fsp3) is 0. The van der Waals surface area contributed by atoms with Gasteiger partial charge in [0.05, 0.1) is 0 Å². The average Bonchev–Trinajstić information content (AvgIpc) is 2.14. The molecule has 8 heavy (non-hydrogen) atoms. The van der Waals surface area contributed by atoms with Gasteiger partial charge in [0.15, 0.2) is 0 Å². The number of rotatable bonds is 0. The van der Waals surface area contributed by atoms with Crippen LogP contribution in [0, 0.1) is 18.3 Å². The van der Waals surface area contributed by atoms with Crippen LogP contribution in [0.25, 0.3) is 0 Å². The van der Waals surface area contributed by atoms with Crippen molar-refractivity contribution < 1.29 is 0 Å². The topological polar surface area (TPSA) is 23.8 Å². The summed E-state index contributed by atoms with van der Waals surface area (Å²) in [6.07, 6.45) is 0. The van der Waals surface area contributed by atoms with E-state index in [1.54, 1.807) is 6.07 Å². The molecule has 1 aromatic rings. The lowest BCUT2D eigenvalue weighted by molar-refractivity contribution is 1.52. The molecule has 0 bridgehead atoms. The first kappa shape index (κ1) is 5.33. The van der Waals surface area contributed by atoms with Gasteiger partial charge < -0.3 is 0 Å². The molecule has 39 valence electrons. The number of nitrogens with zero attached hydrogens (tertiary/aromatic N) is 1. The number of hydrogen-bond acceptors (Lipinski definition) is 2. The summed E-state index contributed by atoms with van der Waals surface area (Å²) in [4.78, 5) is 0.731. The van der Waals surface area contributed by atoms with Crippen molar-refractivity contribution in [3.8, 4) is 6.07 Å². The maximum Gasteiger partial charge on any atom is 0.110 e. The van der Waals surface area contributed by atoms with Gasteiger partial charge in [-0.05, 0) is 23.9 Å². The molecule has 0 aliphatic carbocycles. The molecular weight excluding hydrogens is 118 g/mol. The van der Waals surface area contributed by atoms with Crippen LogP contribution in [-0.2, 0) is 0 Å². The molecule has 0 spiro atoms. The summed E-state index contributed by atoms with van der Waals surface area (Å²) in [5.74, 6) is 0. The van der Waals surface area contributed by atoms with E-state index in [4.69, 9.17) is 5.26 Å². The smallest absolute Gasteiger partial charge is 0.110 e. The second kappa shape index (κ2) is 1.97. The molecule has 0 N–H and O–H groups in total. The van der Waals surface area contributed by atoms with E-state index in [-0.39, 0.29) is 0 Å². The number of thiophene rings is 1. The summed E-state index contributed by atoms with van der Waals surface area (Å²) < 4.78 is 0. The average molecular weight is 122 g/mol. The van der Waals surface area contributed by atoms with Crippen LogP contribution < -0.4 is 0 Å². The Labute approximate surface area is 52.2 Å². The first-order chi connectivity index (χ1) is 3.83. The molecule has 1 rings (SSSR count). The van der Waals surface area contributed by atoms with E-state index in [0.717, 1.165) is 10.4 Å². The van der Waals surface area contributed by atoms with Crippen molar-refractivity contribution in [2.24, 2.45) is 0 Å². The Morgan fingerprint density at radius 3 is 2.75 bits per heavy atom. The summed E-state index contributed by atoms with van der Waals surface area (Å²) >= 11 is 1.43. The van der Waals surface area contributed by atoms with Crippen molar-refractivity contribution >= 4 is 11.3 Å². The van der Waals surface area contributed by atoms with Gasteiger partial charge in [0.25, 0.3) is 0 Å². The number of hydrogen-bond donors (Lipinski definition) is 0. The molecule has 2 heteroatoms. The van der Waals surface area contributed by atoms with E-state index in [2.05, 4.69) is 6.92 Å². The highest BCUT2D eigenvalue weighted by Gasteiger charge is 1.90. The molecule has 0 saturated heterocycles. The molecule has 0 saturated carbocycles. The van der Waals surface area contributed by atoms with Crippen molar-refractivity contribution in [2.45, 2.75) is 0 Å². The second-order valence-corrected chi connectivity index (χ2v) is 2.34. The van der Waals surface area contributed by atoms with Crippen molar-refractivity contribution in [1.29, 1.82) is 5.26 Å². The molecule has 0 aromatic carbocycles. The first-order valence-electron chi connectivity index (χ1n) is 2.13. The highest BCUT2D eigenvalue weighted by Crippen LogP contribution is 2.10. The Kier molecular flexibility index (Phi) is 1.32. The molecule has 1 nitrogen and oxygen atoms in total. The van der Waals surface area contributed by atoms with Gasteiger partial charge >= 0.3 is 0 Å². The zero-order valence-electron chi connectivity index (χ0n) is 4.22. The lowest BCUT2D eigenvalue weighted by atomic mass is 10.3. The Balaban J connectivity index is 3.05. The standard InChI is InChI=1S/C6H4NS/c1-5-2-6(3-7)8-4-5/h2,4H,1H2. The Morgan fingerprint density at radius 2 is 2.50 bits per heavy atom. The molecular formula is C6H4NS. The van der Waals surface area contributed by atoms with Gasteiger partial charge in [-0.3, -0.25) is 0 Å². The Morgan fingerprint density at radius 1 is 1.75 bits per heavy atom. The molecule has 0 atom stereocenters. The third kappa shape index (κ3) is 0.877. The summed E-state index contributed by atoms with van der Waals surface area (Å²) in [6, 6.07) is 3.79. The lowest BCUT2D eigenvalue weighted by Gasteiger charge is -1.68. The van der Waals surface area contributed by atoms with Crippen molar-refractivity contribution in [3.05, 3.63) is 28.8 Å². The molecule has 0 fully saturated rings. The Bertz CT molecular complexity index is 219. The fourth-order valence-electron chi connectivity index (χ4n) is 0.434. The minimum absolute atomic E-state index is 0.731. The van der Waals surface area contributed by atoms with Gasteiger partial charge in [-0.15, -0.1) is 11.3 Å². The van der Waals surface area contributed by atoms with Crippen molar-refractivity contribution in [2.75, 3.05) is 0 Å². The van der Waals surface area contributed by atoms with Crippen LogP contribution in [0.15, 0.2) is 11.4 Å². The van der Waals surface area contributed by atoms with Gasteiger partial charge in [-0.2, -0.15) is 5.26 Å². The van der Waals surface area contributed by atoms with Gasteiger partial charge in [0, 0.05) is 0 Å². The predicted molar refractivity (Wildman–Crippen MR) is 33.5 cm³/mol. The molecule has 0 amide bonds. The van der Waals surface area contributed by atoms with Crippen LogP contribution in [0.5, 0.6) is 0 Å². The van der Waals surface area contributed by atoms with Crippen LogP contribution in [0.4, 0.5) is 0 Å². The van der Waals surface area contributed by atoms with E-state index in [0.29, 0.717) is 0 Å². The zero-order valence-corrected chi connectivity index (χ0v) is 5.03. The quantitative estimate of drug-likeness (QED) is 0.514. The minimum atomic E-state index is 0.731. The summed E-state index contributed by atoms with van der Waals surface area (Å²) in [7, 11) is 0. The summed E-state index contributed by atoms with van der Waals surface area (Å²) in [6.45, 7) is 3.65. The molecule has 0 aliphatic heterocycles. The van der Waals surface area contributed by atoms with Crippen molar-refractivity contribution in [3.63, 3.8) is 0 Å². The highest BCUT2D eigenvalue weighted by molar-refractivity contribution is 7.10. The molecule has 1 aromatic heterocycles. The second-order valence-electron chi connectivity index (χ2n) is 1.43. The maximum absolute atomic E-state index is 8.28. The highest BCUT2D eigenvalue weighted by atomic mass is 32.1. The van der Waals surface area contributed by atoms with Crippen LogP contribution >= 0.6 is 11.3 Å². The molecule has 0 aliphatic rings. The lowest BCUT2D eigenvalue weighted by Crippen LogP contribution is -1.56. The van der Waals surface area contributed by atoms with E-state index < -0.39 is 0 Å². The van der Waals surface area contributed by atoms with Gasteiger partial charge in [-0.25, -0.2) is 0 Å². The minimum Gasteiger partial charge on any atom is -0.192 e. The molecule has 1 heterocycles. The van der Waals surface area contributed by atoms with Crippen LogP contribution in [-0.4, -0.2) is 0 Å². The molecule has 0 unspecified atom stereocenters. The van der Waals surface area contributed by atoms with Gasteiger partial charge in [0.1, 0.15) is 10.9 Å². The Hall–Kier alpha value is -0.810. The van der Waals surface area contributed by atoms with Crippen LogP contribution in [0.3, 0.4) is 0 Å². The predicted octanol–water partition coefficient (Wildman–Crippen LogP) is 1.80. The van der Waals surface area contributed by atoms with Gasteiger partial charge in [-0.1, -0.05) is 0 Å². The summed E-state index contributed by atoms with van der Waals surface area (Å²) in [5.41, 5.74) is 0.923. The summed E-state index contributed by atoms with van der Waals surface area (Å²) in [5, 5.41) is 10.1. The number of nitriles is 1. The van der Waals surface area contributed by atoms with Gasteiger partial charge in [0.2, 0.25) is 0 Å². The third-order valence-electron chi connectivity index (χ3n) is 0.764. The van der Waals surface area contributed by atoms with E-state index in [9.17, 15) is 0 Å². The zero-order chi connectivity index (χ0) is 5.98. The largest absolute Gasteiger partial charge is 0.192 e. The van der Waals surface area contributed by atoms with Crippen molar-refractivity contribution in [1.82, 2.24) is 0 Å². The normalized spacial score (nSPS) is 8.50. The maximum atomic E-state index is 8.28.